The molecule has 0 spiro atoms. The van der Waals surface area contributed by atoms with Crippen molar-refractivity contribution in [3.63, 3.8) is 0 Å². The maximum Gasteiger partial charge on any atom is 0.385 e. The molecule has 0 aromatic rings. The fourth-order valence-corrected chi connectivity index (χ4v) is 6.45. The predicted molar refractivity (Wildman–Crippen MR) is 146 cm³/mol. The number of hydrogen-bond donors (Lipinski definition) is 1. The van der Waals surface area contributed by atoms with Crippen LogP contribution in [0.5, 0.6) is 0 Å². The average Bonchev–Trinajstić information content (AvgIpc) is 2.74. The van der Waals surface area contributed by atoms with E-state index in [2.05, 4.69) is 19.1 Å². The Labute approximate surface area is 207 Å². The molecule has 2 atom stereocenters. The van der Waals surface area contributed by atoms with Crippen molar-refractivity contribution in [1.82, 2.24) is 0 Å². The lowest BCUT2D eigenvalue weighted by Gasteiger charge is -2.35. The smallest absolute Gasteiger partial charge is 0.320 e. The summed E-state index contributed by atoms with van der Waals surface area (Å²) in [5.74, 6) is -0.350. The molecule has 1 N–H and O–H groups in total. The van der Waals surface area contributed by atoms with Crippen LogP contribution < -0.4 is 0 Å². The van der Waals surface area contributed by atoms with Crippen LogP contribution in [0.3, 0.4) is 0 Å². The molecule has 198 valence electrons. The van der Waals surface area contributed by atoms with Crippen LogP contribution in [0.15, 0.2) is 12.2 Å². The van der Waals surface area contributed by atoms with Gasteiger partial charge in [-0.05, 0) is 32.1 Å². The normalized spacial score (nSPS) is 15.2. The van der Waals surface area contributed by atoms with Crippen molar-refractivity contribution in [3.05, 3.63) is 12.2 Å². The van der Waals surface area contributed by atoms with Crippen LogP contribution >= 0.6 is 7.60 Å². The summed E-state index contributed by atoms with van der Waals surface area (Å²) in [6, 6.07) is 0. The van der Waals surface area contributed by atoms with E-state index in [9.17, 15) is 9.46 Å². The molecule has 5 heteroatoms. The third-order valence-electron chi connectivity index (χ3n) is 6.57. The number of rotatable bonds is 24. The molecule has 2 unspecified atom stereocenters. The molecule has 0 aliphatic heterocycles. The Bertz CT molecular complexity index is 502. The van der Waals surface area contributed by atoms with E-state index in [-0.39, 0.29) is 5.78 Å². The van der Waals surface area contributed by atoms with Crippen molar-refractivity contribution in [2.75, 3.05) is 27.7 Å². The molecule has 0 aromatic heterocycles. The maximum absolute atomic E-state index is 12.5. The van der Waals surface area contributed by atoms with Crippen molar-refractivity contribution in [1.29, 1.82) is 0 Å². The van der Waals surface area contributed by atoms with Gasteiger partial charge in [-0.2, -0.15) is 0 Å². The molecule has 0 rings (SSSR count). The van der Waals surface area contributed by atoms with Crippen LogP contribution in [0.25, 0.3) is 0 Å². The minimum atomic E-state index is -3.55. The first-order valence-corrected chi connectivity index (χ1v) is 15.8. The minimum absolute atomic E-state index is 0.350. The van der Waals surface area contributed by atoms with E-state index in [1.807, 2.05) is 28.1 Å². The number of nitrogens with zero attached hydrogens (tertiary/aromatic N) is 1. The van der Waals surface area contributed by atoms with Gasteiger partial charge < -0.3 is 13.9 Å². The summed E-state index contributed by atoms with van der Waals surface area (Å²) in [6.07, 6.45) is 28.9. The number of quaternary nitrogens is 1. The fraction of sp³-hybridized carbons (Fsp3) is 0.929. The molecule has 33 heavy (non-hydrogen) atoms. The third-order valence-corrected chi connectivity index (χ3v) is 8.93. The Balaban J connectivity index is 3.44. The first-order valence-electron chi connectivity index (χ1n) is 14.2. The van der Waals surface area contributed by atoms with Gasteiger partial charge in [0.15, 0.2) is 5.78 Å². The highest BCUT2D eigenvalue weighted by molar-refractivity contribution is 7.53. The summed E-state index contributed by atoms with van der Waals surface area (Å²) >= 11 is 0. The SMILES string of the molecule is CCCCCCCCCCCC=CCCCCCCCCCOP(=O)(O)C(CC)[N+](C)(C)C. The Morgan fingerprint density at radius 1 is 0.697 bits per heavy atom. The van der Waals surface area contributed by atoms with Crippen molar-refractivity contribution >= 4 is 7.60 Å². The zero-order chi connectivity index (χ0) is 24.8. The molecule has 0 saturated carbocycles. The highest BCUT2D eigenvalue weighted by Gasteiger charge is 2.41. The lowest BCUT2D eigenvalue weighted by molar-refractivity contribution is -0.883. The van der Waals surface area contributed by atoms with E-state index in [0.29, 0.717) is 17.5 Å². The van der Waals surface area contributed by atoms with Gasteiger partial charge >= 0.3 is 7.60 Å². The molecule has 0 amide bonds. The molecule has 0 heterocycles. The standard InChI is InChI=1S/C28H58NO3P/c1-6-8-9-10-11-12-13-14-15-16-17-18-19-20-21-22-23-24-25-26-27-32-33(30,31)28(7-2)29(3,4)5/h17-18,28H,6-16,19-27H2,1-5H3/p+1. The van der Waals surface area contributed by atoms with Crippen LogP contribution in [0, 0.1) is 0 Å². The van der Waals surface area contributed by atoms with Gasteiger partial charge in [0.25, 0.3) is 0 Å². The van der Waals surface area contributed by atoms with Gasteiger partial charge in [0.2, 0.25) is 0 Å². The van der Waals surface area contributed by atoms with Crippen molar-refractivity contribution < 1.29 is 18.5 Å². The van der Waals surface area contributed by atoms with E-state index in [0.717, 1.165) is 12.8 Å². The fourth-order valence-electron chi connectivity index (χ4n) is 4.55. The molecule has 4 nitrogen and oxygen atoms in total. The van der Waals surface area contributed by atoms with Crippen molar-refractivity contribution in [2.45, 2.75) is 142 Å². The first-order chi connectivity index (χ1) is 15.8. The largest absolute Gasteiger partial charge is 0.385 e. The number of unbranched alkanes of at least 4 members (excludes halogenated alkanes) is 16. The molecule has 0 aliphatic rings. The maximum atomic E-state index is 12.5. The average molecular weight is 489 g/mol. The van der Waals surface area contributed by atoms with Crippen LogP contribution in [0.2, 0.25) is 0 Å². The van der Waals surface area contributed by atoms with Gasteiger partial charge in [0, 0.05) is 6.42 Å². The first kappa shape index (κ1) is 32.8. The minimum Gasteiger partial charge on any atom is -0.320 e. The van der Waals surface area contributed by atoms with Gasteiger partial charge in [0.1, 0.15) is 0 Å². The van der Waals surface area contributed by atoms with Gasteiger partial charge in [-0.15, -0.1) is 0 Å². The summed E-state index contributed by atoms with van der Waals surface area (Å²) < 4.78 is 18.4. The molecular weight excluding hydrogens is 429 g/mol. The van der Waals surface area contributed by atoms with Crippen LogP contribution in [-0.2, 0) is 9.09 Å². The van der Waals surface area contributed by atoms with E-state index in [1.165, 1.54) is 103 Å². The van der Waals surface area contributed by atoms with Gasteiger partial charge in [-0.3, -0.25) is 4.57 Å². The lowest BCUT2D eigenvalue weighted by atomic mass is 10.1. The molecule has 0 aromatic carbocycles. The Morgan fingerprint density at radius 2 is 1.09 bits per heavy atom. The Kier molecular flexibility index (Phi) is 21.1. The van der Waals surface area contributed by atoms with E-state index in [1.54, 1.807) is 0 Å². The lowest BCUT2D eigenvalue weighted by Crippen LogP contribution is -2.44. The summed E-state index contributed by atoms with van der Waals surface area (Å²) in [5, 5.41) is 0. The molecule has 0 saturated heterocycles. The molecular formula is C28H59NO3P+. The summed E-state index contributed by atoms with van der Waals surface area (Å²) in [7, 11) is 2.30. The number of hydrogen-bond acceptors (Lipinski definition) is 2. The summed E-state index contributed by atoms with van der Waals surface area (Å²) in [6.45, 7) is 4.63. The molecule has 0 bridgehead atoms. The summed E-state index contributed by atoms with van der Waals surface area (Å²) in [5.41, 5.74) is 0. The Hall–Kier alpha value is -0.150. The highest BCUT2D eigenvalue weighted by atomic mass is 31.2. The zero-order valence-electron chi connectivity index (χ0n) is 23.0. The second-order valence-electron chi connectivity index (χ2n) is 10.8. The van der Waals surface area contributed by atoms with E-state index >= 15 is 0 Å². The van der Waals surface area contributed by atoms with E-state index < -0.39 is 7.60 Å². The topological polar surface area (TPSA) is 46.5 Å². The Morgan fingerprint density at radius 3 is 1.48 bits per heavy atom. The van der Waals surface area contributed by atoms with Crippen LogP contribution in [0.1, 0.15) is 136 Å². The van der Waals surface area contributed by atoms with Gasteiger partial charge in [-0.1, -0.05) is 109 Å². The van der Waals surface area contributed by atoms with E-state index in [4.69, 9.17) is 4.52 Å². The molecule has 0 radical (unpaired) electrons. The van der Waals surface area contributed by atoms with Crippen LogP contribution in [0.4, 0.5) is 0 Å². The zero-order valence-corrected chi connectivity index (χ0v) is 23.9. The van der Waals surface area contributed by atoms with Gasteiger partial charge in [0.05, 0.1) is 27.7 Å². The highest BCUT2D eigenvalue weighted by Crippen LogP contribution is 2.51. The second kappa shape index (κ2) is 21.2. The monoisotopic (exact) mass is 488 g/mol. The third kappa shape index (κ3) is 19.8. The second-order valence-corrected chi connectivity index (χ2v) is 12.7. The molecule has 0 fully saturated rings. The van der Waals surface area contributed by atoms with Crippen LogP contribution in [-0.4, -0.2) is 42.9 Å². The summed E-state index contributed by atoms with van der Waals surface area (Å²) in [4.78, 5) is 10.3. The van der Waals surface area contributed by atoms with Crippen molar-refractivity contribution in [2.24, 2.45) is 0 Å². The molecule has 0 aliphatic carbocycles. The van der Waals surface area contributed by atoms with Crippen molar-refractivity contribution in [3.8, 4) is 0 Å². The quantitative estimate of drug-likeness (QED) is 0.0637. The predicted octanol–water partition coefficient (Wildman–Crippen LogP) is 9.23. The van der Waals surface area contributed by atoms with Gasteiger partial charge in [-0.25, -0.2) is 0 Å². The number of allylic oxidation sites excluding steroid dienone is 2.